The van der Waals surface area contributed by atoms with Crippen molar-refractivity contribution in [3.63, 3.8) is 0 Å². The average molecular weight is 344 g/mol. The van der Waals surface area contributed by atoms with Gasteiger partial charge < -0.3 is 15.3 Å². The molecule has 1 aromatic rings. The van der Waals surface area contributed by atoms with Crippen LogP contribution in [-0.2, 0) is 20.8 Å². The maximum absolute atomic E-state index is 11.0. The van der Waals surface area contributed by atoms with Gasteiger partial charge in [-0.3, -0.25) is 9.63 Å². The van der Waals surface area contributed by atoms with Gasteiger partial charge in [0.1, 0.15) is 31.6 Å². The van der Waals surface area contributed by atoms with Crippen LogP contribution in [0.25, 0.3) is 0 Å². The summed E-state index contributed by atoms with van der Waals surface area (Å²) in [6, 6.07) is 9.16. The lowest BCUT2D eigenvalue weighted by molar-refractivity contribution is -0.192. The van der Waals surface area contributed by atoms with E-state index < -0.39 is 26.1 Å². The third kappa shape index (κ3) is 7.63. The Morgan fingerprint density at radius 3 is 2.43 bits per heavy atom. The molecule has 1 amide bonds. The van der Waals surface area contributed by atoms with Gasteiger partial charge in [0.05, 0.1) is 12.6 Å². The summed E-state index contributed by atoms with van der Waals surface area (Å²) in [5, 5.41) is 30.3. The lowest BCUT2D eigenvalue weighted by Gasteiger charge is -2.26. The topological polar surface area (TPSA) is 107 Å². The van der Waals surface area contributed by atoms with Crippen LogP contribution in [0.15, 0.2) is 30.3 Å². The Hall–Kier alpha value is -1.37. The molecular formula is C15H23NO6P+. The van der Waals surface area contributed by atoms with E-state index in [1.807, 2.05) is 30.3 Å². The highest BCUT2D eigenvalue weighted by Crippen LogP contribution is 2.18. The smallest absolute Gasteiger partial charge is 0.335 e. The van der Waals surface area contributed by atoms with Gasteiger partial charge in [-0.2, -0.15) is 0 Å². The Morgan fingerprint density at radius 1 is 1.22 bits per heavy atom. The summed E-state index contributed by atoms with van der Waals surface area (Å²) in [6.45, 7) is 1.38. The molecule has 0 spiro atoms. The highest BCUT2D eigenvalue weighted by Gasteiger charge is 2.28. The van der Waals surface area contributed by atoms with Crippen molar-refractivity contribution >= 4 is 14.2 Å². The molecule has 23 heavy (non-hydrogen) atoms. The van der Waals surface area contributed by atoms with Crippen LogP contribution in [0.1, 0.15) is 12.0 Å². The van der Waals surface area contributed by atoms with Crippen molar-refractivity contribution < 1.29 is 29.5 Å². The first kappa shape index (κ1) is 19.7. The average Bonchev–Trinajstić information content (AvgIpc) is 2.56. The van der Waals surface area contributed by atoms with Gasteiger partial charge in [0.25, 0.3) is 0 Å². The number of hydrogen-bond donors (Lipinski definition) is 3. The molecule has 0 saturated heterocycles. The van der Waals surface area contributed by atoms with Gasteiger partial charge in [-0.15, -0.1) is 0 Å². The second kappa shape index (κ2) is 10.4. The fourth-order valence-corrected chi connectivity index (χ4v) is 2.52. The number of hydroxylamine groups is 2. The second-order valence-corrected chi connectivity index (χ2v) is 6.93. The van der Waals surface area contributed by atoms with E-state index >= 15 is 0 Å². The van der Waals surface area contributed by atoms with Gasteiger partial charge in [-0.1, -0.05) is 34.9 Å². The van der Waals surface area contributed by atoms with E-state index in [9.17, 15) is 24.7 Å². The molecule has 1 unspecified atom stereocenters. The summed E-state index contributed by atoms with van der Waals surface area (Å²) in [6.07, 6.45) is -3.29. The minimum Gasteiger partial charge on any atom is -0.390 e. The summed E-state index contributed by atoms with van der Waals surface area (Å²) >= 11 is 0. The molecule has 1 aromatic carbocycles. The number of nitrogens with zero attached hydrogens (tertiary/aromatic N) is 1. The predicted molar refractivity (Wildman–Crippen MR) is 85.0 cm³/mol. The minimum absolute atomic E-state index is 0.107. The van der Waals surface area contributed by atoms with E-state index in [1.54, 1.807) is 0 Å². The highest BCUT2D eigenvalue weighted by atomic mass is 31.1. The standard InChI is InChI=1S/C15H23NO6P/c1-23(21)8-7-13(18)15(20)14(19)9-16(11-17)22-10-12-5-3-2-4-6-12/h2-6,11,13-15,18-20H,7-10H2,1H3/q+1/t13-,14+,15-/m1/s1. The summed E-state index contributed by atoms with van der Waals surface area (Å²) in [7, 11) is -1.42. The van der Waals surface area contributed by atoms with Gasteiger partial charge in [-0.25, -0.2) is 5.06 Å². The van der Waals surface area contributed by atoms with Crippen molar-refractivity contribution in [2.75, 3.05) is 19.4 Å². The number of aliphatic hydroxyl groups excluding tert-OH is 3. The Balaban J connectivity index is 2.43. The third-order valence-corrected chi connectivity index (χ3v) is 4.14. The van der Waals surface area contributed by atoms with E-state index in [0.717, 1.165) is 10.6 Å². The van der Waals surface area contributed by atoms with Crippen molar-refractivity contribution in [2.45, 2.75) is 31.3 Å². The monoisotopic (exact) mass is 344 g/mol. The number of amides is 1. The van der Waals surface area contributed by atoms with Gasteiger partial charge in [0, 0.05) is 6.42 Å². The number of aliphatic hydroxyl groups is 3. The van der Waals surface area contributed by atoms with Gasteiger partial charge in [-0.05, 0) is 5.56 Å². The molecule has 3 N–H and O–H groups in total. The fraction of sp³-hybridized carbons (Fsp3) is 0.533. The van der Waals surface area contributed by atoms with E-state index in [-0.39, 0.29) is 25.7 Å². The first-order valence-electron chi connectivity index (χ1n) is 7.25. The number of carbonyl (C=O) groups excluding carboxylic acids is 1. The molecule has 0 aliphatic heterocycles. The van der Waals surface area contributed by atoms with Crippen LogP contribution in [-0.4, -0.2) is 64.5 Å². The van der Waals surface area contributed by atoms with Crippen molar-refractivity contribution in [1.82, 2.24) is 5.06 Å². The summed E-state index contributed by atoms with van der Waals surface area (Å²) in [4.78, 5) is 16.2. The molecule has 7 nitrogen and oxygen atoms in total. The molecule has 0 heterocycles. The lowest BCUT2D eigenvalue weighted by Crippen LogP contribution is -2.44. The largest absolute Gasteiger partial charge is 0.390 e. The Labute approximate surface area is 136 Å². The molecule has 8 heteroatoms. The first-order chi connectivity index (χ1) is 10.9. The summed E-state index contributed by atoms with van der Waals surface area (Å²) in [5.41, 5.74) is 0.848. The normalized spacial score (nSPS) is 15.6. The zero-order valence-corrected chi connectivity index (χ0v) is 13.9. The molecule has 1 rings (SSSR count). The number of rotatable bonds is 11. The first-order valence-corrected chi connectivity index (χ1v) is 9.14. The SMILES string of the molecule is C[P+](=O)CC[C@@H](O)[C@@H](O)[C@@H](O)CN(C=O)OCc1ccccc1. The predicted octanol–water partition coefficient (Wildman–Crippen LogP) is 0.507. The minimum atomic E-state index is -1.45. The summed E-state index contributed by atoms with van der Waals surface area (Å²) in [5.74, 6) is 0. The maximum Gasteiger partial charge on any atom is 0.335 e. The quantitative estimate of drug-likeness (QED) is 0.307. The highest BCUT2D eigenvalue weighted by molar-refractivity contribution is 7.43. The number of hydrogen-bond acceptors (Lipinski definition) is 6. The van der Waals surface area contributed by atoms with Crippen molar-refractivity contribution in [3.05, 3.63) is 35.9 Å². The van der Waals surface area contributed by atoms with Crippen LogP contribution in [0.5, 0.6) is 0 Å². The van der Waals surface area contributed by atoms with Crippen LogP contribution in [0.2, 0.25) is 0 Å². The second-order valence-electron chi connectivity index (χ2n) is 5.23. The van der Waals surface area contributed by atoms with Gasteiger partial charge in [0.15, 0.2) is 0 Å². The van der Waals surface area contributed by atoms with E-state index in [0.29, 0.717) is 6.41 Å². The van der Waals surface area contributed by atoms with Crippen LogP contribution in [0, 0.1) is 0 Å². The van der Waals surface area contributed by atoms with Crippen LogP contribution < -0.4 is 0 Å². The van der Waals surface area contributed by atoms with Gasteiger partial charge >= 0.3 is 7.80 Å². The van der Waals surface area contributed by atoms with Crippen molar-refractivity contribution in [2.24, 2.45) is 0 Å². The third-order valence-electron chi connectivity index (χ3n) is 3.25. The van der Waals surface area contributed by atoms with Crippen LogP contribution in [0.3, 0.4) is 0 Å². The van der Waals surface area contributed by atoms with Gasteiger partial charge in [0.2, 0.25) is 6.41 Å². The Morgan fingerprint density at radius 2 is 1.87 bits per heavy atom. The van der Waals surface area contributed by atoms with E-state index in [2.05, 4.69) is 0 Å². The Bertz CT molecular complexity index is 486. The number of carbonyl (C=O) groups is 1. The molecule has 0 radical (unpaired) electrons. The van der Waals surface area contributed by atoms with E-state index in [1.165, 1.54) is 6.66 Å². The van der Waals surface area contributed by atoms with Crippen LogP contribution in [0.4, 0.5) is 0 Å². The fourth-order valence-electron chi connectivity index (χ4n) is 1.89. The number of benzene rings is 1. The molecule has 0 aromatic heterocycles. The van der Waals surface area contributed by atoms with Crippen LogP contribution >= 0.6 is 7.80 Å². The zero-order chi connectivity index (χ0) is 17.2. The molecule has 128 valence electrons. The van der Waals surface area contributed by atoms with E-state index in [4.69, 9.17) is 4.84 Å². The maximum atomic E-state index is 11.0. The lowest BCUT2D eigenvalue weighted by atomic mass is 10.1. The molecule has 0 aliphatic carbocycles. The molecule has 0 fully saturated rings. The molecule has 4 atom stereocenters. The Kier molecular flexibility index (Phi) is 8.91. The molecular weight excluding hydrogens is 321 g/mol. The van der Waals surface area contributed by atoms with Crippen molar-refractivity contribution in [1.29, 1.82) is 0 Å². The molecule has 0 bridgehead atoms. The molecule has 0 aliphatic rings. The summed E-state index contributed by atoms with van der Waals surface area (Å²) < 4.78 is 11.0. The molecule has 0 saturated carbocycles. The zero-order valence-electron chi connectivity index (χ0n) is 13.0. The van der Waals surface area contributed by atoms with Crippen molar-refractivity contribution in [3.8, 4) is 0 Å².